The normalized spacial score (nSPS) is 14.5. The summed E-state index contributed by atoms with van der Waals surface area (Å²) in [5, 5.41) is 2.75. The van der Waals surface area contributed by atoms with E-state index in [0.717, 1.165) is 16.6 Å². The van der Waals surface area contributed by atoms with Crippen LogP contribution in [-0.2, 0) is 19.2 Å². The Morgan fingerprint density at radius 3 is 2.62 bits per heavy atom. The van der Waals surface area contributed by atoms with E-state index in [0.29, 0.717) is 28.3 Å². The first-order chi connectivity index (χ1) is 15.4. The molecular formula is C23H18N4O4S. The van der Waals surface area contributed by atoms with Crippen LogP contribution in [0.15, 0.2) is 71.6 Å². The van der Waals surface area contributed by atoms with E-state index in [1.165, 1.54) is 18.2 Å². The van der Waals surface area contributed by atoms with Crippen molar-refractivity contribution in [2.75, 3.05) is 10.8 Å². The first kappa shape index (κ1) is 20.0. The highest BCUT2D eigenvalue weighted by atomic mass is 32.2. The van der Waals surface area contributed by atoms with E-state index in [1.807, 2.05) is 43.3 Å². The molecular weight excluding hydrogens is 428 g/mol. The number of carbonyl (C=O) groups is 1. The molecule has 0 aliphatic carbocycles. The Bertz CT molecular complexity index is 1470. The minimum atomic E-state index is -4.13. The van der Waals surface area contributed by atoms with Gasteiger partial charge in [-0.3, -0.25) is 4.79 Å². The number of nitrogens with zero attached hydrogens (tertiary/aromatic N) is 1. The molecule has 160 valence electrons. The lowest BCUT2D eigenvalue weighted by atomic mass is 10.1. The van der Waals surface area contributed by atoms with Crippen molar-refractivity contribution in [3.05, 3.63) is 83.7 Å². The second-order valence-corrected chi connectivity index (χ2v) is 8.86. The van der Waals surface area contributed by atoms with Gasteiger partial charge in [0.15, 0.2) is 0 Å². The number of nitrogens with one attached hydrogen (secondary N) is 3. The number of carbonyl (C=O) groups excluding carboxylic acids is 1. The molecule has 1 aromatic heterocycles. The number of imidazole rings is 1. The molecule has 1 amide bonds. The summed E-state index contributed by atoms with van der Waals surface area (Å²) in [6, 6.07) is 19.0. The van der Waals surface area contributed by atoms with E-state index in [-0.39, 0.29) is 10.8 Å². The van der Waals surface area contributed by atoms with Crippen LogP contribution in [0.25, 0.3) is 22.7 Å². The van der Waals surface area contributed by atoms with Crippen molar-refractivity contribution in [2.45, 2.75) is 11.8 Å². The van der Waals surface area contributed by atoms with E-state index < -0.39 is 10.1 Å². The van der Waals surface area contributed by atoms with Crippen LogP contribution in [-0.4, -0.2) is 24.3 Å². The quantitative estimate of drug-likeness (QED) is 0.314. The monoisotopic (exact) mass is 446 g/mol. The van der Waals surface area contributed by atoms with Crippen molar-refractivity contribution in [1.29, 1.82) is 0 Å². The molecule has 3 N–H and O–H groups in total. The number of aromatic amines is 1. The van der Waals surface area contributed by atoms with E-state index in [2.05, 4.69) is 20.8 Å². The zero-order valence-corrected chi connectivity index (χ0v) is 17.7. The van der Waals surface area contributed by atoms with Gasteiger partial charge < -0.3 is 10.3 Å². The SMILES string of the molecule is Cc1ccccc1NOS(=O)(=O)c1ccc2c(c1)C(=Cc1nc3ccccc3[nH]1)C(=O)N2. The Hall–Kier alpha value is -3.95. The molecule has 8 nitrogen and oxygen atoms in total. The molecule has 3 aromatic carbocycles. The van der Waals surface area contributed by atoms with Crippen LogP contribution in [0.1, 0.15) is 17.0 Å². The minimum absolute atomic E-state index is 0.0793. The molecule has 0 fully saturated rings. The highest BCUT2D eigenvalue weighted by Gasteiger charge is 2.27. The molecule has 32 heavy (non-hydrogen) atoms. The molecule has 1 aliphatic heterocycles. The first-order valence-corrected chi connectivity index (χ1v) is 11.2. The maximum absolute atomic E-state index is 12.8. The van der Waals surface area contributed by atoms with Crippen LogP contribution in [0.3, 0.4) is 0 Å². The van der Waals surface area contributed by atoms with E-state index in [4.69, 9.17) is 4.28 Å². The average molecular weight is 446 g/mol. The standard InChI is InChI=1S/C23H18N4O4S/c1-14-6-2-3-7-18(14)27-31-32(29,30)15-10-11-19-16(12-15)17(23(28)26-19)13-22-24-20-8-4-5-9-21(20)25-22/h2-13,27H,1H3,(H,24,25)(H,26,28). The summed E-state index contributed by atoms with van der Waals surface area (Å²) < 4.78 is 30.5. The summed E-state index contributed by atoms with van der Waals surface area (Å²) >= 11 is 0. The Morgan fingerprint density at radius 2 is 1.81 bits per heavy atom. The number of amides is 1. The van der Waals surface area contributed by atoms with Crippen LogP contribution in [0.4, 0.5) is 11.4 Å². The fourth-order valence-corrected chi connectivity index (χ4v) is 4.27. The number of aromatic nitrogens is 2. The molecule has 0 atom stereocenters. The zero-order valence-electron chi connectivity index (χ0n) is 16.9. The molecule has 0 unspecified atom stereocenters. The smallest absolute Gasteiger partial charge is 0.317 e. The van der Waals surface area contributed by atoms with E-state index in [9.17, 15) is 13.2 Å². The van der Waals surface area contributed by atoms with E-state index >= 15 is 0 Å². The van der Waals surface area contributed by atoms with Gasteiger partial charge in [-0.1, -0.05) is 30.3 Å². The van der Waals surface area contributed by atoms with Gasteiger partial charge in [-0.2, -0.15) is 8.42 Å². The third-order valence-electron chi connectivity index (χ3n) is 5.16. The Balaban J connectivity index is 1.47. The van der Waals surface area contributed by atoms with Crippen molar-refractivity contribution in [3.8, 4) is 0 Å². The number of aryl methyl sites for hydroxylation is 1. The van der Waals surface area contributed by atoms with Crippen LogP contribution in [0.2, 0.25) is 0 Å². The molecule has 5 rings (SSSR count). The fraction of sp³-hybridized carbons (Fsp3) is 0.0435. The van der Waals surface area contributed by atoms with Gasteiger partial charge in [-0.15, -0.1) is 4.28 Å². The predicted octanol–water partition coefficient (Wildman–Crippen LogP) is 4.10. The summed E-state index contributed by atoms with van der Waals surface area (Å²) in [6.45, 7) is 1.83. The summed E-state index contributed by atoms with van der Waals surface area (Å²) in [6.07, 6.45) is 1.60. The lowest BCUT2D eigenvalue weighted by molar-refractivity contribution is -0.110. The number of hydrogen-bond donors (Lipinski definition) is 3. The first-order valence-electron chi connectivity index (χ1n) is 9.78. The number of fused-ring (bicyclic) bond motifs is 2. The Kier molecular flexibility index (Phi) is 4.76. The number of H-pyrrole nitrogens is 1. The maximum atomic E-state index is 12.8. The van der Waals surface area contributed by atoms with Crippen molar-refractivity contribution in [3.63, 3.8) is 0 Å². The van der Waals surface area contributed by atoms with Crippen LogP contribution >= 0.6 is 0 Å². The largest absolute Gasteiger partial charge is 0.338 e. The zero-order chi connectivity index (χ0) is 22.3. The van der Waals surface area contributed by atoms with Crippen molar-refractivity contribution >= 4 is 50.1 Å². The third-order valence-corrected chi connectivity index (χ3v) is 6.29. The Morgan fingerprint density at radius 1 is 1.03 bits per heavy atom. The molecule has 9 heteroatoms. The molecule has 0 spiro atoms. The second-order valence-electron chi connectivity index (χ2n) is 7.31. The number of hydrogen-bond acceptors (Lipinski definition) is 6. The van der Waals surface area contributed by atoms with Crippen molar-refractivity contribution in [2.24, 2.45) is 0 Å². The van der Waals surface area contributed by atoms with Crippen LogP contribution < -0.4 is 10.8 Å². The maximum Gasteiger partial charge on any atom is 0.317 e. The van der Waals surface area contributed by atoms with Gasteiger partial charge in [0, 0.05) is 11.3 Å². The van der Waals surface area contributed by atoms with Gasteiger partial charge in [0.25, 0.3) is 5.91 Å². The molecule has 1 aliphatic rings. The van der Waals surface area contributed by atoms with Crippen LogP contribution in [0, 0.1) is 6.92 Å². The van der Waals surface area contributed by atoms with Gasteiger partial charge >= 0.3 is 10.1 Å². The summed E-state index contributed by atoms with van der Waals surface area (Å²) in [7, 11) is -4.13. The second kappa shape index (κ2) is 7.63. The summed E-state index contributed by atoms with van der Waals surface area (Å²) in [5.41, 5.74) is 6.76. The van der Waals surface area contributed by atoms with Gasteiger partial charge in [0.1, 0.15) is 5.82 Å². The minimum Gasteiger partial charge on any atom is -0.338 e. The molecule has 0 bridgehead atoms. The van der Waals surface area contributed by atoms with Crippen molar-refractivity contribution in [1.82, 2.24) is 9.97 Å². The van der Waals surface area contributed by atoms with Gasteiger partial charge in [0.05, 0.1) is 27.2 Å². The highest BCUT2D eigenvalue weighted by Crippen LogP contribution is 2.35. The molecule has 0 saturated carbocycles. The number of benzene rings is 3. The van der Waals surface area contributed by atoms with Gasteiger partial charge in [0.2, 0.25) is 0 Å². The molecule has 0 radical (unpaired) electrons. The summed E-state index contributed by atoms with van der Waals surface area (Å²) in [5.74, 6) is 0.156. The van der Waals surface area contributed by atoms with Gasteiger partial charge in [-0.05, 0) is 55.0 Å². The Labute approximate surface area is 184 Å². The van der Waals surface area contributed by atoms with E-state index in [1.54, 1.807) is 18.2 Å². The fourth-order valence-electron chi connectivity index (χ4n) is 3.48. The third kappa shape index (κ3) is 3.64. The highest BCUT2D eigenvalue weighted by molar-refractivity contribution is 7.86. The lowest BCUT2D eigenvalue weighted by Gasteiger charge is -2.10. The molecule has 0 saturated heterocycles. The van der Waals surface area contributed by atoms with Crippen LogP contribution in [0.5, 0.6) is 0 Å². The number of anilines is 2. The predicted molar refractivity (Wildman–Crippen MR) is 122 cm³/mol. The lowest BCUT2D eigenvalue weighted by Crippen LogP contribution is -2.12. The van der Waals surface area contributed by atoms with Crippen molar-refractivity contribution < 1.29 is 17.5 Å². The summed E-state index contributed by atoms with van der Waals surface area (Å²) in [4.78, 5) is 20.1. The topological polar surface area (TPSA) is 113 Å². The molecule has 4 aromatic rings. The van der Waals surface area contributed by atoms with Gasteiger partial charge in [-0.25, -0.2) is 10.5 Å². The average Bonchev–Trinajstić information content (AvgIpc) is 3.33. The molecule has 2 heterocycles. The number of rotatable bonds is 5. The number of para-hydroxylation sites is 3.